The van der Waals surface area contributed by atoms with Gasteiger partial charge in [-0.1, -0.05) is 0 Å². The first-order valence-electron chi connectivity index (χ1n) is 2.49. The highest BCUT2D eigenvalue weighted by molar-refractivity contribution is 14.1. The Hall–Kier alpha value is 0.600. The Morgan fingerprint density at radius 3 is 2.22 bits per heavy atom. The van der Waals surface area contributed by atoms with Gasteiger partial charge in [0.25, 0.3) is 0 Å². The summed E-state index contributed by atoms with van der Waals surface area (Å²) in [6, 6.07) is 0. The van der Waals surface area contributed by atoms with Crippen molar-refractivity contribution in [2.45, 2.75) is 5.25 Å². The van der Waals surface area contributed by atoms with Gasteiger partial charge in [-0.3, -0.25) is 0 Å². The van der Waals surface area contributed by atoms with Crippen LogP contribution in [-0.4, -0.2) is 26.8 Å². The van der Waals surface area contributed by atoms with E-state index in [0.717, 1.165) is 0 Å². The van der Waals surface area contributed by atoms with Crippen molar-refractivity contribution in [1.82, 2.24) is 8.25 Å². The van der Waals surface area contributed by atoms with E-state index in [4.69, 9.17) is 0 Å². The highest BCUT2D eigenvalue weighted by Gasteiger charge is 2.29. The van der Waals surface area contributed by atoms with Crippen LogP contribution >= 0.6 is 22.9 Å². The molecule has 1 saturated heterocycles. The molecule has 1 aliphatic heterocycles. The standard InChI is InChI=1S/C3H7IN2O2S/c4-6-9(7,8)3-1-5-2-3/h3,5-6H,1-2H2. The van der Waals surface area contributed by atoms with Crippen molar-refractivity contribution in [3.63, 3.8) is 0 Å². The summed E-state index contributed by atoms with van der Waals surface area (Å²) in [7, 11) is -2.99. The maximum Gasteiger partial charge on any atom is 0.225 e. The molecule has 1 fully saturated rings. The molecule has 0 spiro atoms. The molecule has 0 atom stereocenters. The van der Waals surface area contributed by atoms with Gasteiger partial charge >= 0.3 is 0 Å². The van der Waals surface area contributed by atoms with E-state index in [1.165, 1.54) is 0 Å². The Balaban J connectivity index is 2.59. The predicted octanol–water partition coefficient (Wildman–Crippen LogP) is -0.772. The highest BCUT2D eigenvalue weighted by Crippen LogP contribution is 2.04. The van der Waals surface area contributed by atoms with Gasteiger partial charge in [-0.15, -0.1) is 0 Å². The summed E-state index contributed by atoms with van der Waals surface area (Å²) < 4.78 is 23.9. The molecular weight excluding hydrogens is 255 g/mol. The lowest BCUT2D eigenvalue weighted by Crippen LogP contribution is -2.53. The summed E-state index contributed by atoms with van der Waals surface area (Å²) in [5.74, 6) is 0. The van der Waals surface area contributed by atoms with Gasteiger partial charge in [-0.2, -0.15) is 2.94 Å². The lowest BCUT2D eigenvalue weighted by molar-refractivity contribution is 0.495. The summed E-state index contributed by atoms with van der Waals surface area (Å²) in [5.41, 5.74) is 0. The molecule has 54 valence electrons. The Morgan fingerprint density at radius 1 is 1.56 bits per heavy atom. The van der Waals surface area contributed by atoms with Gasteiger partial charge in [0.05, 0.1) is 0 Å². The summed E-state index contributed by atoms with van der Waals surface area (Å²) in [6.45, 7) is 1.16. The van der Waals surface area contributed by atoms with Gasteiger partial charge < -0.3 is 5.32 Å². The molecule has 4 nitrogen and oxygen atoms in total. The first-order valence-corrected chi connectivity index (χ1v) is 5.11. The smallest absolute Gasteiger partial charge is 0.225 e. The number of hydrogen-bond donors (Lipinski definition) is 2. The zero-order chi connectivity index (χ0) is 6.91. The van der Waals surface area contributed by atoms with Crippen molar-refractivity contribution in [3.05, 3.63) is 0 Å². The molecule has 0 aromatic heterocycles. The SMILES string of the molecule is O=S(=O)(NI)C1CNC1. The topological polar surface area (TPSA) is 58.2 Å². The van der Waals surface area contributed by atoms with Crippen molar-refractivity contribution in [2.75, 3.05) is 13.1 Å². The minimum absolute atomic E-state index is 0.214. The average molecular weight is 262 g/mol. The maximum absolute atomic E-state index is 10.8. The van der Waals surface area contributed by atoms with E-state index in [-0.39, 0.29) is 5.25 Å². The molecule has 0 aromatic rings. The molecule has 6 heteroatoms. The molecule has 0 aromatic carbocycles. The third-order valence-electron chi connectivity index (χ3n) is 1.29. The molecule has 1 rings (SSSR count). The summed E-state index contributed by atoms with van der Waals surface area (Å²) in [4.78, 5) is 0. The van der Waals surface area contributed by atoms with E-state index in [1.54, 1.807) is 22.9 Å². The van der Waals surface area contributed by atoms with Gasteiger partial charge in [0.1, 0.15) is 5.25 Å². The second-order valence-electron chi connectivity index (χ2n) is 1.90. The number of sulfonamides is 1. The fourth-order valence-corrected chi connectivity index (χ4v) is 2.42. The van der Waals surface area contributed by atoms with Crippen LogP contribution in [0.2, 0.25) is 0 Å². The normalized spacial score (nSPS) is 21.4. The van der Waals surface area contributed by atoms with E-state index >= 15 is 0 Å². The molecule has 9 heavy (non-hydrogen) atoms. The zero-order valence-electron chi connectivity index (χ0n) is 4.59. The maximum atomic E-state index is 10.8. The number of rotatable bonds is 2. The van der Waals surface area contributed by atoms with Crippen molar-refractivity contribution >= 4 is 32.9 Å². The number of nitrogens with one attached hydrogen (secondary N) is 2. The van der Waals surface area contributed by atoms with E-state index in [0.29, 0.717) is 13.1 Å². The lowest BCUT2D eigenvalue weighted by Gasteiger charge is -2.25. The third kappa shape index (κ3) is 1.54. The quantitative estimate of drug-likeness (QED) is 0.507. The largest absolute Gasteiger partial charge is 0.314 e. The molecular formula is C3H7IN2O2S. The molecule has 1 heterocycles. The molecule has 0 unspecified atom stereocenters. The zero-order valence-corrected chi connectivity index (χ0v) is 7.57. The van der Waals surface area contributed by atoms with Crippen LogP contribution in [0.15, 0.2) is 0 Å². The molecule has 0 amide bonds. The van der Waals surface area contributed by atoms with Crippen molar-refractivity contribution in [1.29, 1.82) is 0 Å². The van der Waals surface area contributed by atoms with Crippen LogP contribution in [0.25, 0.3) is 0 Å². The van der Waals surface area contributed by atoms with Crippen LogP contribution in [0, 0.1) is 0 Å². The van der Waals surface area contributed by atoms with E-state index in [2.05, 4.69) is 8.25 Å². The van der Waals surface area contributed by atoms with Crippen LogP contribution in [0.3, 0.4) is 0 Å². The molecule has 2 N–H and O–H groups in total. The minimum atomic E-state index is -2.99. The van der Waals surface area contributed by atoms with E-state index in [9.17, 15) is 8.42 Å². The molecule has 0 saturated carbocycles. The molecule has 0 bridgehead atoms. The Morgan fingerprint density at radius 2 is 2.11 bits per heavy atom. The Kier molecular flexibility index (Phi) is 2.30. The van der Waals surface area contributed by atoms with Gasteiger partial charge in [-0.25, -0.2) is 8.42 Å². The van der Waals surface area contributed by atoms with Gasteiger partial charge in [0.2, 0.25) is 10.0 Å². The van der Waals surface area contributed by atoms with Crippen LogP contribution in [0.1, 0.15) is 0 Å². The molecule has 0 aliphatic carbocycles. The number of halogens is 1. The lowest BCUT2D eigenvalue weighted by atomic mass is 10.3. The van der Waals surface area contributed by atoms with Crippen molar-refractivity contribution in [2.24, 2.45) is 0 Å². The van der Waals surface area contributed by atoms with Crippen molar-refractivity contribution in [3.8, 4) is 0 Å². The van der Waals surface area contributed by atoms with Crippen LogP contribution < -0.4 is 8.25 Å². The van der Waals surface area contributed by atoms with Crippen LogP contribution in [0.4, 0.5) is 0 Å². The van der Waals surface area contributed by atoms with Gasteiger partial charge in [-0.05, 0) is 0 Å². The Bertz CT molecular complexity index is 186. The second-order valence-corrected chi connectivity index (χ2v) is 5.13. The van der Waals surface area contributed by atoms with Crippen molar-refractivity contribution < 1.29 is 8.42 Å². The second kappa shape index (κ2) is 2.69. The van der Waals surface area contributed by atoms with Gasteiger partial charge in [0.15, 0.2) is 0 Å². The number of hydrogen-bond acceptors (Lipinski definition) is 3. The fraction of sp³-hybridized carbons (Fsp3) is 1.00. The summed E-state index contributed by atoms with van der Waals surface area (Å²) in [6.07, 6.45) is 0. The first kappa shape index (κ1) is 7.70. The molecule has 1 aliphatic rings. The Labute approximate surface area is 67.9 Å². The van der Waals surface area contributed by atoms with E-state index in [1.807, 2.05) is 0 Å². The molecule has 0 radical (unpaired) electrons. The fourth-order valence-electron chi connectivity index (χ4n) is 0.545. The predicted molar refractivity (Wildman–Crippen MR) is 42.7 cm³/mol. The summed E-state index contributed by atoms with van der Waals surface area (Å²) >= 11 is 1.64. The first-order chi connectivity index (χ1) is 4.17. The average Bonchev–Trinajstić information content (AvgIpc) is 1.60. The third-order valence-corrected chi connectivity index (χ3v) is 4.56. The summed E-state index contributed by atoms with van der Waals surface area (Å²) in [5, 5.41) is 2.67. The van der Waals surface area contributed by atoms with Crippen LogP contribution in [-0.2, 0) is 10.0 Å². The van der Waals surface area contributed by atoms with Crippen LogP contribution in [0.5, 0.6) is 0 Å². The van der Waals surface area contributed by atoms with E-state index < -0.39 is 10.0 Å². The minimum Gasteiger partial charge on any atom is -0.314 e. The van der Waals surface area contributed by atoms with Gasteiger partial charge in [0, 0.05) is 36.0 Å². The monoisotopic (exact) mass is 262 g/mol. The highest BCUT2D eigenvalue weighted by atomic mass is 127.